The van der Waals surface area contributed by atoms with Gasteiger partial charge in [-0.2, -0.15) is 5.10 Å². The monoisotopic (exact) mass is 248 g/mol. The first kappa shape index (κ1) is 12.7. The van der Waals surface area contributed by atoms with Gasteiger partial charge in [0.1, 0.15) is 5.82 Å². The minimum Gasteiger partial charge on any atom is -0.271 e. The van der Waals surface area contributed by atoms with Crippen LogP contribution in [0.3, 0.4) is 0 Å². The standard InChI is InChI=1S/C13H17FN4/c1-2-18-13(7-8-16-18)12(17-15)9-10-3-5-11(14)6-4-10/h3-8,12,17H,2,9,15H2,1H3. The van der Waals surface area contributed by atoms with Crippen LogP contribution in [0.5, 0.6) is 0 Å². The number of hydrogen-bond donors (Lipinski definition) is 2. The molecule has 0 amide bonds. The van der Waals surface area contributed by atoms with Crippen LogP contribution in [0.15, 0.2) is 36.5 Å². The third-order valence-electron chi connectivity index (χ3n) is 2.96. The first-order chi connectivity index (χ1) is 8.74. The molecule has 1 heterocycles. The molecule has 1 unspecified atom stereocenters. The predicted molar refractivity (Wildman–Crippen MR) is 68.1 cm³/mol. The summed E-state index contributed by atoms with van der Waals surface area (Å²) in [6, 6.07) is 8.37. The van der Waals surface area contributed by atoms with Gasteiger partial charge in [-0.1, -0.05) is 12.1 Å². The van der Waals surface area contributed by atoms with Gasteiger partial charge in [0.05, 0.1) is 11.7 Å². The highest BCUT2D eigenvalue weighted by Crippen LogP contribution is 2.17. The van der Waals surface area contributed by atoms with Crippen LogP contribution < -0.4 is 11.3 Å². The lowest BCUT2D eigenvalue weighted by Gasteiger charge is -2.17. The summed E-state index contributed by atoms with van der Waals surface area (Å²) in [5.41, 5.74) is 4.85. The number of aromatic nitrogens is 2. The van der Waals surface area contributed by atoms with E-state index >= 15 is 0 Å². The lowest BCUT2D eigenvalue weighted by atomic mass is 10.0. The quantitative estimate of drug-likeness (QED) is 0.626. The van der Waals surface area contributed by atoms with Gasteiger partial charge in [-0.3, -0.25) is 16.0 Å². The second kappa shape index (κ2) is 5.75. The number of halogens is 1. The summed E-state index contributed by atoms with van der Waals surface area (Å²) >= 11 is 0. The predicted octanol–water partition coefficient (Wildman–Crippen LogP) is 1.79. The molecule has 1 aromatic carbocycles. The second-order valence-corrected chi connectivity index (χ2v) is 4.12. The molecule has 0 bridgehead atoms. The van der Waals surface area contributed by atoms with Crippen molar-refractivity contribution in [2.45, 2.75) is 25.9 Å². The number of hydrogen-bond acceptors (Lipinski definition) is 3. The van der Waals surface area contributed by atoms with Gasteiger partial charge < -0.3 is 0 Å². The summed E-state index contributed by atoms with van der Waals surface area (Å²) in [7, 11) is 0. The molecule has 1 aromatic heterocycles. The van der Waals surface area contributed by atoms with Gasteiger partial charge in [-0.15, -0.1) is 0 Å². The molecule has 1 atom stereocenters. The number of rotatable bonds is 5. The van der Waals surface area contributed by atoms with E-state index in [-0.39, 0.29) is 11.9 Å². The van der Waals surface area contributed by atoms with Gasteiger partial charge in [-0.25, -0.2) is 4.39 Å². The van der Waals surface area contributed by atoms with E-state index in [2.05, 4.69) is 10.5 Å². The van der Waals surface area contributed by atoms with Gasteiger partial charge in [0.25, 0.3) is 0 Å². The Kier molecular flexibility index (Phi) is 4.07. The summed E-state index contributed by atoms with van der Waals surface area (Å²) < 4.78 is 14.7. The summed E-state index contributed by atoms with van der Waals surface area (Å²) in [5, 5.41) is 4.22. The smallest absolute Gasteiger partial charge is 0.123 e. The van der Waals surface area contributed by atoms with Crippen molar-refractivity contribution in [3.8, 4) is 0 Å². The average Bonchev–Trinajstić information content (AvgIpc) is 2.86. The molecule has 96 valence electrons. The van der Waals surface area contributed by atoms with E-state index in [0.717, 1.165) is 17.8 Å². The van der Waals surface area contributed by atoms with Crippen LogP contribution in [0.4, 0.5) is 4.39 Å². The Hall–Kier alpha value is -1.72. The molecule has 5 heteroatoms. The Morgan fingerprint density at radius 2 is 2.06 bits per heavy atom. The van der Waals surface area contributed by atoms with Gasteiger partial charge in [-0.05, 0) is 37.1 Å². The number of nitrogens with zero attached hydrogens (tertiary/aromatic N) is 2. The van der Waals surface area contributed by atoms with Crippen molar-refractivity contribution in [2.75, 3.05) is 0 Å². The molecular formula is C13H17FN4. The van der Waals surface area contributed by atoms with Crippen LogP contribution in [0, 0.1) is 5.82 Å². The molecule has 2 aromatic rings. The minimum absolute atomic E-state index is 0.0297. The first-order valence-corrected chi connectivity index (χ1v) is 5.97. The third-order valence-corrected chi connectivity index (χ3v) is 2.96. The highest BCUT2D eigenvalue weighted by molar-refractivity contribution is 5.20. The molecule has 0 aliphatic heterocycles. The maximum absolute atomic E-state index is 12.8. The molecule has 0 saturated carbocycles. The fourth-order valence-corrected chi connectivity index (χ4v) is 2.01. The molecule has 0 radical (unpaired) electrons. The van der Waals surface area contributed by atoms with Gasteiger partial charge in [0.2, 0.25) is 0 Å². The lowest BCUT2D eigenvalue weighted by molar-refractivity contribution is 0.490. The van der Waals surface area contributed by atoms with Crippen LogP contribution >= 0.6 is 0 Å². The fourth-order valence-electron chi connectivity index (χ4n) is 2.01. The Balaban J connectivity index is 2.17. The number of nitrogens with one attached hydrogen (secondary N) is 1. The van der Waals surface area contributed by atoms with Crippen molar-refractivity contribution in [3.63, 3.8) is 0 Å². The normalized spacial score (nSPS) is 12.6. The van der Waals surface area contributed by atoms with Crippen LogP contribution in [-0.2, 0) is 13.0 Å². The van der Waals surface area contributed by atoms with Crippen LogP contribution in [-0.4, -0.2) is 9.78 Å². The Morgan fingerprint density at radius 1 is 1.33 bits per heavy atom. The van der Waals surface area contributed by atoms with Gasteiger partial charge in [0.15, 0.2) is 0 Å². The lowest BCUT2D eigenvalue weighted by Crippen LogP contribution is -2.31. The van der Waals surface area contributed by atoms with E-state index in [1.54, 1.807) is 18.3 Å². The fraction of sp³-hybridized carbons (Fsp3) is 0.308. The number of benzene rings is 1. The molecule has 4 nitrogen and oxygen atoms in total. The zero-order chi connectivity index (χ0) is 13.0. The van der Waals surface area contributed by atoms with Crippen molar-refractivity contribution in [3.05, 3.63) is 53.6 Å². The summed E-state index contributed by atoms with van der Waals surface area (Å²) in [6.07, 6.45) is 2.45. The van der Waals surface area contributed by atoms with E-state index in [1.807, 2.05) is 17.7 Å². The third kappa shape index (κ3) is 2.75. The Labute approximate surface area is 106 Å². The van der Waals surface area contributed by atoms with Crippen LogP contribution in [0.2, 0.25) is 0 Å². The zero-order valence-corrected chi connectivity index (χ0v) is 10.3. The molecule has 18 heavy (non-hydrogen) atoms. The number of nitrogens with two attached hydrogens (primary N) is 1. The molecule has 0 aliphatic rings. The van der Waals surface area contributed by atoms with E-state index in [0.29, 0.717) is 6.42 Å². The van der Waals surface area contributed by atoms with Crippen LogP contribution in [0.1, 0.15) is 24.2 Å². The molecule has 0 fully saturated rings. The largest absolute Gasteiger partial charge is 0.271 e. The zero-order valence-electron chi connectivity index (χ0n) is 10.3. The topological polar surface area (TPSA) is 55.9 Å². The highest BCUT2D eigenvalue weighted by atomic mass is 19.1. The van der Waals surface area contributed by atoms with Crippen molar-refractivity contribution in [1.29, 1.82) is 0 Å². The van der Waals surface area contributed by atoms with Crippen LogP contribution in [0.25, 0.3) is 0 Å². The molecule has 3 N–H and O–H groups in total. The van der Waals surface area contributed by atoms with Crippen molar-refractivity contribution < 1.29 is 4.39 Å². The molecule has 0 aliphatic carbocycles. The summed E-state index contributed by atoms with van der Waals surface area (Å²) in [4.78, 5) is 0. The minimum atomic E-state index is -0.227. The van der Waals surface area contributed by atoms with E-state index in [9.17, 15) is 4.39 Å². The maximum Gasteiger partial charge on any atom is 0.123 e. The van der Waals surface area contributed by atoms with Gasteiger partial charge >= 0.3 is 0 Å². The number of aryl methyl sites for hydroxylation is 1. The molecule has 0 saturated heterocycles. The highest BCUT2D eigenvalue weighted by Gasteiger charge is 2.14. The van der Waals surface area contributed by atoms with E-state index in [4.69, 9.17) is 5.84 Å². The van der Waals surface area contributed by atoms with Crippen molar-refractivity contribution in [1.82, 2.24) is 15.2 Å². The molecule has 2 rings (SSSR count). The summed E-state index contributed by atoms with van der Waals surface area (Å²) in [5.74, 6) is 5.37. The Morgan fingerprint density at radius 3 is 2.67 bits per heavy atom. The Bertz CT molecular complexity index is 492. The maximum atomic E-state index is 12.8. The van der Waals surface area contributed by atoms with Crippen molar-refractivity contribution >= 4 is 0 Å². The SMILES string of the molecule is CCn1nccc1C(Cc1ccc(F)cc1)NN. The first-order valence-electron chi connectivity index (χ1n) is 5.97. The van der Waals surface area contributed by atoms with Crippen molar-refractivity contribution in [2.24, 2.45) is 5.84 Å². The molecular weight excluding hydrogens is 231 g/mol. The molecule has 0 spiro atoms. The van der Waals surface area contributed by atoms with E-state index < -0.39 is 0 Å². The number of hydrazine groups is 1. The van der Waals surface area contributed by atoms with E-state index in [1.165, 1.54) is 12.1 Å². The summed E-state index contributed by atoms with van der Waals surface area (Å²) in [6.45, 7) is 2.83. The van der Waals surface area contributed by atoms with Gasteiger partial charge in [0, 0.05) is 12.7 Å². The average molecular weight is 248 g/mol. The second-order valence-electron chi connectivity index (χ2n) is 4.12.